The van der Waals surface area contributed by atoms with Crippen LogP contribution in [0.3, 0.4) is 0 Å². The first-order chi connectivity index (χ1) is 9.94. The number of hydrogen-bond donors (Lipinski definition) is 1. The first-order valence-corrected chi connectivity index (χ1v) is 7.67. The van der Waals surface area contributed by atoms with Crippen molar-refractivity contribution in [1.82, 2.24) is 19.5 Å². The van der Waals surface area contributed by atoms with Crippen molar-refractivity contribution in [2.75, 3.05) is 23.7 Å². The van der Waals surface area contributed by atoms with E-state index in [1.54, 1.807) is 0 Å². The molecule has 0 aromatic carbocycles. The Morgan fingerprint density at radius 2 is 1.86 bits per heavy atom. The second-order valence-electron chi connectivity index (χ2n) is 7.06. The van der Waals surface area contributed by atoms with E-state index in [-0.39, 0.29) is 5.41 Å². The van der Waals surface area contributed by atoms with E-state index >= 15 is 0 Å². The summed E-state index contributed by atoms with van der Waals surface area (Å²) in [5.74, 6) is 1.23. The highest BCUT2D eigenvalue weighted by molar-refractivity contribution is 5.83. The molecule has 0 saturated carbocycles. The minimum Gasteiger partial charge on any atom is -0.382 e. The van der Waals surface area contributed by atoms with Crippen molar-refractivity contribution in [2.24, 2.45) is 5.41 Å². The van der Waals surface area contributed by atoms with Gasteiger partial charge in [0.25, 0.3) is 0 Å². The van der Waals surface area contributed by atoms with Gasteiger partial charge in [-0.2, -0.15) is 9.97 Å². The zero-order valence-electron chi connectivity index (χ0n) is 13.1. The summed E-state index contributed by atoms with van der Waals surface area (Å²) in [6.45, 7) is 9.49. The van der Waals surface area contributed by atoms with E-state index < -0.39 is 0 Å². The van der Waals surface area contributed by atoms with Crippen molar-refractivity contribution >= 4 is 22.9 Å². The average Bonchev–Trinajstić information content (AvgIpc) is 2.81. The Kier molecular flexibility index (Phi) is 3.47. The van der Waals surface area contributed by atoms with Crippen molar-refractivity contribution < 1.29 is 0 Å². The van der Waals surface area contributed by atoms with Crippen LogP contribution in [0.4, 0.5) is 11.8 Å². The number of nitrogen functional groups attached to an aromatic ring is 1. The molecule has 0 spiro atoms. The maximum atomic E-state index is 6.09. The van der Waals surface area contributed by atoms with E-state index in [2.05, 4.69) is 40.2 Å². The van der Waals surface area contributed by atoms with Gasteiger partial charge in [0.2, 0.25) is 5.95 Å². The predicted octanol–water partition coefficient (Wildman–Crippen LogP) is 2.44. The first-order valence-electron chi connectivity index (χ1n) is 7.67. The van der Waals surface area contributed by atoms with Gasteiger partial charge in [-0.3, -0.25) is 0 Å². The fourth-order valence-electron chi connectivity index (χ4n) is 2.82. The number of nitrogens with zero attached hydrogens (tertiary/aromatic N) is 5. The van der Waals surface area contributed by atoms with E-state index in [1.807, 2.05) is 6.33 Å². The molecule has 6 heteroatoms. The summed E-state index contributed by atoms with van der Waals surface area (Å²) < 4.78 is 2.08. The van der Waals surface area contributed by atoms with E-state index in [0.717, 1.165) is 31.2 Å². The molecule has 0 amide bonds. The SMILES string of the molecule is CC(C)(C)Cn1cnc2c(N)nc(N3CCCCC3)nc21. The molecule has 114 valence electrons. The summed E-state index contributed by atoms with van der Waals surface area (Å²) in [7, 11) is 0. The number of imidazole rings is 1. The van der Waals surface area contributed by atoms with Gasteiger partial charge < -0.3 is 15.2 Å². The van der Waals surface area contributed by atoms with E-state index in [9.17, 15) is 0 Å². The molecule has 1 saturated heterocycles. The predicted molar refractivity (Wildman–Crippen MR) is 85.3 cm³/mol. The fraction of sp³-hybridized carbons (Fsp3) is 0.667. The monoisotopic (exact) mass is 288 g/mol. The zero-order valence-corrected chi connectivity index (χ0v) is 13.1. The maximum Gasteiger partial charge on any atom is 0.229 e. The van der Waals surface area contributed by atoms with Crippen LogP contribution in [-0.2, 0) is 6.54 Å². The Bertz CT molecular complexity index is 633. The second kappa shape index (κ2) is 5.16. The lowest BCUT2D eigenvalue weighted by atomic mass is 9.97. The van der Waals surface area contributed by atoms with Crippen LogP contribution in [0.1, 0.15) is 40.0 Å². The van der Waals surface area contributed by atoms with Crippen LogP contribution < -0.4 is 10.6 Å². The molecule has 0 bridgehead atoms. The third-order valence-electron chi connectivity index (χ3n) is 3.76. The van der Waals surface area contributed by atoms with Gasteiger partial charge in [-0.1, -0.05) is 20.8 Å². The average molecular weight is 288 g/mol. The van der Waals surface area contributed by atoms with Crippen LogP contribution in [0.2, 0.25) is 0 Å². The zero-order chi connectivity index (χ0) is 15.0. The third-order valence-corrected chi connectivity index (χ3v) is 3.76. The Hall–Kier alpha value is -1.85. The van der Waals surface area contributed by atoms with Crippen LogP contribution in [0, 0.1) is 5.41 Å². The quantitative estimate of drug-likeness (QED) is 0.919. The fourth-order valence-corrected chi connectivity index (χ4v) is 2.82. The molecule has 0 unspecified atom stereocenters. The number of anilines is 2. The summed E-state index contributed by atoms with van der Waals surface area (Å²) in [4.78, 5) is 15.8. The highest BCUT2D eigenvalue weighted by atomic mass is 15.3. The third kappa shape index (κ3) is 2.94. The van der Waals surface area contributed by atoms with Gasteiger partial charge in [-0.25, -0.2) is 4.98 Å². The summed E-state index contributed by atoms with van der Waals surface area (Å²) in [6, 6.07) is 0. The highest BCUT2D eigenvalue weighted by Crippen LogP contribution is 2.25. The number of nitrogens with two attached hydrogens (primary N) is 1. The topological polar surface area (TPSA) is 72.9 Å². The lowest BCUT2D eigenvalue weighted by Crippen LogP contribution is -2.31. The minimum absolute atomic E-state index is 0.165. The molecule has 2 aromatic heterocycles. The molecule has 0 radical (unpaired) electrons. The van der Waals surface area contributed by atoms with Crippen molar-refractivity contribution in [2.45, 2.75) is 46.6 Å². The van der Waals surface area contributed by atoms with Crippen LogP contribution in [-0.4, -0.2) is 32.6 Å². The first kappa shape index (κ1) is 14.1. The molecule has 3 rings (SSSR count). The molecule has 3 heterocycles. The number of fused-ring (bicyclic) bond motifs is 1. The number of hydrogen-bond acceptors (Lipinski definition) is 5. The Morgan fingerprint density at radius 1 is 1.14 bits per heavy atom. The molecule has 2 aromatic rings. The van der Waals surface area contributed by atoms with Gasteiger partial charge in [0.1, 0.15) is 5.52 Å². The smallest absolute Gasteiger partial charge is 0.229 e. The van der Waals surface area contributed by atoms with Crippen molar-refractivity contribution in [3.05, 3.63) is 6.33 Å². The number of piperidine rings is 1. The molecule has 6 nitrogen and oxygen atoms in total. The molecule has 1 fully saturated rings. The Morgan fingerprint density at radius 3 is 2.52 bits per heavy atom. The van der Waals surface area contributed by atoms with Gasteiger partial charge in [0.15, 0.2) is 11.5 Å². The minimum atomic E-state index is 0.165. The lowest BCUT2D eigenvalue weighted by Gasteiger charge is -2.27. The molecule has 0 aliphatic carbocycles. The van der Waals surface area contributed by atoms with Gasteiger partial charge in [-0.05, 0) is 24.7 Å². The maximum absolute atomic E-state index is 6.09. The summed E-state index contributed by atoms with van der Waals surface area (Å²) in [5, 5.41) is 0. The van der Waals surface area contributed by atoms with Crippen LogP contribution in [0.5, 0.6) is 0 Å². The largest absolute Gasteiger partial charge is 0.382 e. The molecule has 1 aliphatic heterocycles. The number of rotatable bonds is 2. The number of aromatic nitrogens is 4. The molecule has 1 aliphatic rings. The van der Waals surface area contributed by atoms with Crippen LogP contribution in [0.15, 0.2) is 6.33 Å². The normalized spacial score (nSPS) is 16.6. The van der Waals surface area contributed by atoms with Crippen molar-refractivity contribution in [1.29, 1.82) is 0 Å². The second-order valence-corrected chi connectivity index (χ2v) is 7.06. The van der Waals surface area contributed by atoms with E-state index in [4.69, 9.17) is 10.7 Å². The van der Waals surface area contributed by atoms with Crippen LogP contribution in [0.25, 0.3) is 11.2 Å². The standard InChI is InChI=1S/C15H24N6/c1-15(2,3)9-21-10-17-11-12(16)18-14(19-13(11)21)20-7-5-4-6-8-20/h10H,4-9H2,1-3H3,(H2,16,18,19). The molecule has 21 heavy (non-hydrogen) atoms. The summed E-state index contributed by atoms with van der Waals surface area (Å²) in [5.41, 5.74) is 7.81. The van der Waals surface area contributed by atoms with Crippen molar-refractivity contribution in [3.8, 4) is 0 Å². The van der Waals surface area contributed by atoms with Gasteiger partial charge in [0.05, 0.1) is 6.33 Å². The Balaban J connectivity index is 2.01. The summed E-state index contributed by atoms with van der Waals surface area (Å²) >= 11 is 0. The molecule has 2 N–H and O–H groups in total. The van der Waals surface area contributed by atoms with Gasteiger partial charge in [-0.15, -0.1) is 0 Å². The molecular weight excluding hydrogens is 264 g/mol. The molecular formula is C15H24N6. The lowest BCUT2D eigenvalue weighted by molar-refractivity contribution is 0.347. The van der Waals surface area contributed by atoms with Gasteiger partial charge in [0, 0.05) is 19.6 Å². The van der Waals surface area contributed by atoms with E-state index in [0.29, 0.717) is 11.3 Å². The molecule has 0 atom stereocenters. The summed E-state index contributed by atoms with van der Waals surface area (Å²) in [6.07, 6.45) is 5.50. The van der Waals surface area contributed by atoms with E-state index in [1.165, 1.54) is 19.3 Å². The van der Waals surface area contributed by atoms with Gasteiger partial charge >= 0.3 is 0 Å². The van der Waals surface area contributed by atoms with Crippen molar-refractivity contribution in [3.63, 3.8) is 0 Å². The van der Waals surface area contributed by atoms with Crippen LogP contribution >= 0.6 is 0 Å². The Labute approximate surface area is 125 Å². The highest BCUT2D eigenvalue weighted by Gasteiger charge is 2.19.